The Kier molecular flexibility index (Phi) is 12.4. The molecule has 7 heteroatoms. The lowest BCUT2D eigenvalue weighted by Crippen LogP contribution is -2.61. The Bertz CT molecular complexity index is 1020. The van der Waals surface area contributed by atoms with Gasteiger partial charge in [0.25, 0.3) is 0 Å². The molecule has 0 radical (unpaired) electrons. The number of fused-ring (bicyclic) bond motifs is 1. The van der Waals surface area contributed by atoms with Crippen LogP contribution in [0.1, 0.15) is 83.8 Å². The standard InChI is InChI=1S/C29H40BrNO5/c1-5-8-9-10-11-12-17-25-24-16-14-13-15-23(24)22(20-26(25)30)18-19-29(31-21(4)32,27(33)35-6-2)28(34)36-7-3/h13-16,20H,5-12,17-19H2,1-4H3,(H,31,32). The van der Waals surface area contributed by atoms with Crippen molar-refractivity contribution in [1.82, 2.24) is 5.32 Å². The zero-order valence-electron chi connectivity index (χ0n) is 22.1. The SMILES string of the molecule is CCCCCCCCc1c(Br)cc(CCC(NC(C)=O)(C(=O)OCC)C(=O)OCC)c2ccccc12. The summed E-state index contributed by atoms with van der Waals surface area (Å²) in [6.07, 6.45) is 8.79. The van der Waals surface area contributed by atoms with E-state index in [1.54, 1.807) is 13.8 Å². The van der Waals surface area contributed by atoms with E-state index in [2.05, 4.69) is 46.4 Å². The Morgan fingerprint density at radius 1 is 0.861 bits per heavy atom. The monoisotopic (exact) mass is 561 g/mol. The van der Waals surface area contributed by atoms with Gasteiger partial charge in [0.1, 0.15) is 0 Å². The number of nitrogens with one attached hydrogen (secondary N) is 1. The van der Waals surface area contributed by atoms with Crippen LogP contribution in [0.2, 0.25) is 0 Å². The molecule has 2 rings (SSSR count). The Balaban J connectivity index is 2.36. The Morgan fingerprint density at radius 3 is 2.03 bits per heavy atom. The van der Waals surface area contributed by atoms with Crippen molar-refractivity contribution in [1.29, 1.82) is 0 Å². The third-order valence-electron chi connectivity index (χ3n) is 6.37. The maximum Gasteiger partial charge on any atom is 0.343 e. The van der Waals surface area contributed by atoms with Crippen molar-refractivity contribution in [2.45, 2.75) is 91.0 Å². The van der Waals surface area contributed by atoms with Crippen LogP contribution in [-0.4, -0.2) is 36.6 Å². The van der Waals surface area contributed by atoms with E-state index in [0.717, 1.165) is 33.7 Å². The van der Waals surface area contributed by atoms with Crippen LogP contribution >= 0.6 is 15.9 Å². The third-order valence-corrected chi connectivity index (χ3v) is 7.08. The van der Waals surface area contributed by atoms with E-state index < -0.39 is 23.4 Å². The number of halogens is 1. The minimum atomic E-state index is -1.90. The van der Waals surface area contributed by atoms with Gasteiger partial charge in [0.05, 0.1) is 13.2 Å². The molecule has 0 saturated heterocycles. The van der Waals surface area contributed by atoms with Gasteiger partial charge in [0.2, 0.25) is 11.4 Å². The predicted octanol–water partition coefficient (Wildman–Crippen LogP) is 6.44. The highest BCUT2D eigenvalue weighted by atomic mass is 79.9. The molecule has 0 atom stereocenters. The third kappa shape index (κ3) is 7.79. The molecule has 0 saturated carbocycles. The summed E-state index contributed by atoms with van der Waals surface area (Å²) < 4.78 is 11.4. The molecule has 1 N–H and O–H groups in total. The van der Waals surface area contributed by atoms with Crippen LogP contribution in [0, 0.1) is 0 Å². The van der Waals surface area contributed by atoms with Crippen LogP contribution < -0.4 is 5.32 Å². The molecule has 0 heterocycles. The van der Waals surface area contributed by atoms with Crippen molar-refractivity contribution in [2.24, 2.45) is 0 Å². The molecule has 6 nitrogen and oxygen atoms in total. The summed E-state index contributed by atoms with van der Waals surface area (Å²) in [5, 5.41) is 4.79. The quantitative estimate of drug-likeness (QED) is 0.154. The van der Waals surface area contributed by atoms with Crippen molar-refractivity contribution in [3.63, 3.8) is 0 Å². The highest BCUT2D eigenvalue weighted by Gasteiger charge is 2.49. The van der Waals surface area contributed by atoms with E-state index in [-0.39, 0.29) is 19.6 Å². The highest BCUT2D eigenvalue weighted by Crippen LogP contribution is 2.33. The fourth-order valence-corrected chi connectivity index (χ4v) is 5.29. The number of benzene rings is 2. The number of aryl methyl sites for hydroxylation is 2. The smallest absolute Gasteiger partial charge is 0.343 e. The lowest BCUT2D eigenvalue weighted by molar-refractivity contribution is -0.168. The van der Waals surface area contributed by atoms with Crippen molar-refractivity contribution < 1.29 is 23.9 Å². The van der Waals surface area contributed by atoms with E-state index >= 15 is 0 Å². The molecule has 0 aliphatic heterocycles. The van der Waals surface area contributed by atoms with E-state index in [0.29, 0.717) is 6.42 Å². The summed E-state index contributed by atoms with van der Waals surface area (Å²) in [7, 11) is 0. The van der Waals surface area contributed by atoms with Gasteiger partial charge in [-0.3, -0.25) is 4.79 Å². The molecular weight excluding hydrogens is 522 g/mol. The first kappa shape index (κ1) is 29.8. The van der Waals surface area contributed by atoms with Crippen LogP contribution in [0.3, 0.4) is 0 Å². The topological polar surface area (TPSA) is 81.7 Å². The molecule has 0 unspecified atom stereocenters. The molecule has 0 aliphatic carbocycles. The zero-order valence-corrected chi connectivity index (χ0v) is 23.7. The van der Waals surface area contributed by atoms with Crippen molar-refractivity contribution in [2.75, 3.05) is 13.2 Å². The van der Waals surface area contributed by atoms with Gasteiger partial charge in [-0.15, -0.1) is 0 Å². The number of amides is 1. The average molecular weight is 563 g/mol. The van der Waals surface area contributed by atoms with E-state index in [1.165, 1.54) is 44.6 Å². The Hall–Kier alpha value is -2.41. The summed E-state index contributed by atoms with van der Waals surface area (Å²) in [5.74, 6) is -2.11. The molecule has 0 bridgehead atoms. The lowest BCUT2D eigenvalue weighted by atomic mass is 9.88. The largest absolute Gasteiger partial charge is 0.464 e. The summed E-state index contributed by atoms with van der Waals surface area (Å²) in [6.45, 7) is 6.99. The second kappa shape index (κ2) is 15.0. The maximum absolute atomic E-state index is 13.0. The number of carbonyl (C=O) groups excluding carboxylic acids is 3. The van der Waals surface area contributed by atoms with Gasteiger partial charge in [0, 0.05) is 11.4 Å². The highest BCUT2D eigenvalue weighted by molar-refractivity contribution is 9.10. The number of ether oxygens (including phenoxy) is 2. The van der Waals surface area contributed by atoms with Gasteiger partial charge >= 0.3 is 11.9 Å². The first-order valence-corrected chi connectivity index (χ1v) is 13.9. The van der Waals surface area contributed by atoms with Gasteiger partial charge in [-0.05, 0) is 67.5 Å². The van der Waals surface area contributed by atoms with Crippen molar-refractivity contribution >= 4 is 44.5 Å². The predicted molar refractivity (Wildman–Crippen MR) is 147 cm³/mol. The second-order valence-electron chi connectivity index (χ2n) is 9.09. The number of unbranched alkanes of at least 4 members (excludes halogenated alkanes) is 5. The first-order valence-electron chi connectivity index (χ1n) is 13.1. The normalized spacial score (nSPS) is 11.4. The van der Waals surface area contributed by atoms with Crippen LogP contribution in [0.25, 0.3) is 10.8 Å². The molecule has 2 aromatic rings. The van der Waals surface area contributed by atoms with Crippen molar-refractivity contribution in [3.05, 3.63) is 45.9 Å². The van der Waals surface area contributed by atoms with E-state index in [1.807, 2.05) is 12.1 Å². The average Bonchev–Trinajstić information content (AvgIpc) is 2.85. The molecule has 2 aromatic carbocycles. The first-order chi connectivity index (χ1) is 17.3. The van der Waals surface area contributed by atoms with Crippen LogP contribution in [0.15, 0.2) is 34.8 Å². The zero-order chi connectivity index (χ0) is 26.6. The molecule has 0 aliphatic rings. The minimum Gasteiger partial charge on any atom is -0.464 e. The number of rotatable bonds is 15. The van der Waals surface area contributed by atoms with Gasteiger partial charge in [0.15, 0.2) is 0 Å². The minimum absolute atomic E-state index is 0.0253. The lowest BCUT2D eigenvalue weighted by Gasteiger charge is -2.30. The van der Waals surface area contributed by atoms with Gasteiger partial charge < -0.3 is 14.8 Å². The van der Waals surface area contributed by atoms with E-state index in [9.17, 15) is 14.4 Å². The number of carbonyl (C=O) groups is 3. The van der Waals surface area contributed by atoms with E-state index in [4.69, 9.17) is 9.47 Å². The fraction of sp³-hybridized carbons (Fsp3) is 0.552. The number of hydrogen-bond acceptors (Lipinski definition) is 5. The van der Waals surface area contributed by atoms with Gasteiger partial charge in [-0.1, -0.05) is 79.2 Å². The molecule has 0 fully saturated rings. The van der Waals surface area contributed by atoms with Gasteiger partial charge in [-0.2, -0.15) is 0 Å². The molecule has 198 valence electrons. The number of esters is 2. The van der Waals surface area contributed by atoms with Crippen molar-refractivity contribution in [3.8, 4) is 0 Å². The Morgan fingerprint density at radius 2 is 1.44 bits per heavy atom. The van der Waals surface area contributed by atoms with Crippen LogP contribution in [-0.2, 0) is 36.7 Å². The summed E-state index contributed by atoms with van der Waals surface area (Å²) in [6, 6.07) is 10.3. The molecule has 0 spiro atoms. The summed E-state index contributed by atoms with van der Waals surface area (Å²) >= 11 is 3.78. The van der Waals surface area contributed by atoms with Crippen LogP contribution in [0.5, 0.6) is 0 Å². The maximum atomic E-state index is 13.0. The fourth-order valence-electron chi connectivity index (χ4n) is 4.60. The molecule has 1 amide bonds. The molecular formula is C29H40BrNO5. The van der Waals surface area contributed by atoms with Gasteiger partial charge in [-0.25, -0.2) is 9.59 Å². The molecule has 0 aromatic heterocycles. The van der Waals surface area contributed by atoms with Crippen LogP contribution in [0.4, 0.5) is 0 Å². The summed E-state index contributed by atoms with van der Waals surface area (Å²) in [4.78, 5) is 38.0. The summed E-state index contributed by atoms with van der Waals surface area (Å²) in [5.41, 5.74) is 0.351. The Labute approximate surface area is 223 Å². The second-order valence-corrected chi connectivity index (χ2v) is 9.94. The molecule has 36 heavy (non-hydrogen) atoms. The number of hydrogen-bond donors (Lipinski definition) is 1.